The number of aromatic nitrogens is 5. The van der Waals surface area contributed by atoms with Crippen molar-refractivity contribution in [2.75, 3.05) is 33.2 Å². The standard InChI is InChI=1S/C22H31N7O/c1-14-11-16-13-17(21(30)23-18(16)12-15(14)2)19(28-9-7-27(6)8-10-28)20-24-25-26-29(20)22(3,4)5/h11-13,19H,7-10H2,1-6H3,(H,23,30). The maximum atomic E-state index is 13.3. The van der Waals surface area contributed by atoms with Crippen LogP contribution in [-0.4, -0.2) is 68.2 Å². The molecule has 0 aliphatic carbocycles. The van der Waals surface area contributed by atoms with Crippen molar-refractivity contribution < 1.29 is 0 Å². The topological polar surface area (TPSA) is 82.9 Å². The minimum Gasteiger partial charge on any atom is -0.322 e. The number of benzene rings is 1. The molecule has 1 aliphatic heterocycles. The summed E-state index contributed by atoms with van der Waals surface area (Å²) in [4.78, 5) is 21.0. The summed E-state index contributed by atoms with van der Waals surface area (Å²) in [6.45, 7) is 14.0. The largest absolute Gasteiger partial charge is 0.322 e. The number of H-pyrrole nitrogens is 1. The average Bonchev–Trinajstić information content (AvgIpc) is 3.15. The summed E-state index contributed by atoms with van der Waals surface area (Å²) in [7, 11) is 2.12. The highest BCUT2D eigenvalue weighted by Crippen LogP contribution is 2.30. The van der Waals surface area contributed by atoms with Crippen LogP contribution in [0.1, 0.15) is 49.3 Å². The van der Waals surface area contributed by atoms with Gasteiger partial charge < -0.3 is 9.88 Å². The Balaban J connectivity index is 1.90. The van der Waals surface area contributed by atoms with Gasteiger partial charge in [-0.25, -0.2) is 4.68 Å². The van der Waals surface area contributed by atoms with Crippen LogP contribution in [0.3, 0.4) is 0 Å². The average molecular weight is 410 g/mol. The molecule has 0 radical (unpaired) electrons. The molecule has 4 rings (SSSR count). The number of rotatable bonds is 3. The summed E-state index contributed by atoms with van der Waals surface area (Å²) in [5.74, 6) is 0.709. The maximum absolute atomic E-state index is 13.3. The van der Waals surface area contributed by atoms with E-state index in [9.17, 15) is 4.79 Å². The predicted octanol–water partition coefficient (Wildman–Crippen LogP) is 2.22. The predicted molar refractivity (Wildman–Crippen MR) is 118 cm³/mol. The number of aryl methyl sites for hydroxylation is 2. The first kappa shape index (κ1) is 20.7. The molecule has 0 saturated carbocycles. The zero-order chi connectivity index (χ0) is 21.6. The number of likely N-dealkylation sites (N-methyl/N-ethyl adjacent to an activating group) is 1. The van der Waals surface area contributed by atoms with Crippen LogP contribution >= 0.6 is 0 Å². The lowest BCUT2D eigenvalue weighted by Crippen LogP contribution is -2.48. The Hall–Kier alpha value is -2.58. The van der Waals surface area contributed by atoms with Crippen molar-refractivity contribution >= 4 is 10.9 Å². The molecule has 8 heteroatoms. The molecule has 30 heavy (non-hydrogen) atoms. The monoisotopic (exact) mass is 409 g/mol. The van der Waals surface area contributed by atoms with Gasteiger partial charge in [0.25, 0.3) is 5.56 Å². The first-order chi connectivity index (χ1) is 14.1. The summed E-state index contributed by atoms with van der Waals surface area (Å²) in [6.07, 6.45) is 0. The molecule has 160 valence electrons. The molecule has 3 heterocycles. The van der Waals surface area contributed by atoms with Crippen LogP contribution in [0.25, 0.3) is 10.9 Å². The second-order valence-corrected chi connectivity index (χ2v) is 9.44. The zero-order valence-electron chi connectivity index (χ0n) is 18.7. The molecular formula is C22H31N7O. The Kier molecular flexibility index (Phi) is 5.23. The molecule has 3 aromatic rings. The number of piperazine rings is 1. The zero-order valence-corrected chi connectivity index (χ0v) is 18.7. The smallest absolute Gasteiger partial charge is 0.253 e. The van der Waals surface area contributed by atoms with E-state index in [2.05, 4.69) is 78.0 Å². The summed E-state index contributed by atoms with van der Waals surface area (Å²) < 4.78 is 1.85. The lowest BCUT2D eigenvalue weighted by atomic mass is 9.99. The molecule has 1 saturated heterocycles. The van der Waals surface area contributed by atoms with E-state index in [4.69, 9.17) is 0 Å². The number of nitrogens with zero attached hydrogens (tertiary/aromatic N) is 6. The quantitative estimate of drug-likeness (QED) is 0.714. The van der Waals surface area contributed by atoms with Crippen LogP contribution in [0.15, 0.2) is 23.0 Å². The second-order valence-electron chi connectivity index (χ2n) is 9.44. The van der Waals surface area contributed by atoms with Gasteiger partial charge in [0, 0.05) is 37.3 Å². The van der Waals surface area contributed by atoms with Crippen molar-refractivity contribution in [2.45, 2.75) is 46.2 Å². The lowest BCUT2D eigenvalue weighted by molar-refractivity contribution is 0.118. The van der Waals surface area contributed by atoms with Crippen LogP contribution in [-0.2, 0) is 5.54 Å². The van der Waals surface area contributed by atoms with E-state index in [0.29, 0.717) is 11.4 Å². The van der Waals surface area contributed by atoms with Gasteiger partial charge in [-0.15, -0.1) is 5.10 Å². The van der Waals surface area contributed by atoms with E-state index in [-0.39, 0.29) is 17.1 Å². The molecule has 2 aromatic heterocycles. The lowest BCUT2D eigenvalue weighted by Gasteiger charge is -2.38. The van der Waals surface area contributed by atoms with E-state index in [1.807, 2.05) is 16.8 Å². The van der Waals surface area contributed by atoms with Crippen LogP contribution in [0.5, 0.6) is 0 Å². The van der Waals surface area contributed by atoms with Crippen LogP contribution in [0.4, 0.5) is 0 Å². The molecule has 1 atom stereocenters. The first-order valence-corrected chi connectivity index (χ1v) is 10.5. The first-order valence-electron chi connectivity index (χ1n) is 10.5. The summed E-state index contributed by atoms with van der Waals surface area (Å²) in [6, 6.07) is 5.89. The fraction of sp³-hybridized carbons (Fsp3) is 0.545. The van der Waals surface area contributed by atoms with Crippen LogP contribution in [0.2, 0.25) is 0 Å². The van der Waals surface area contributed by atoms with E-state index < -0.39 is 0 Å². The Morgan fingerprint density at radius 1 is 1.03 bits per heavy atom. The summed E-state index contributed by atoms with van der Waals surface area (Å²) in [5, 5.41) is 13.7. The number of hydrogen-bond acceptors (Lipinski definition) is 6. The van der Waals surface area contributed by atoms with Crippen molar-refractivity contribution in [1.82, 2.24) is 35.0 Å². The van der Waals surface area contributed by atoms with E-state index in [1.54, 1.807) is 0 Å². The van der Waals surface area contributed by atoms with Crippen molar-refractivity contribution in [3.05, 3.63) is 51.1 Å². The number of tetrazole rings is 1. The van der Waals surface area contributed by atoms with Gasteiger partial charge in [0.1, 0.15) is 6.04 Å². The highest BCUT2D eigenvalue weighted by atomic mass is 16.1. The Morgan fingerprint density at radius 2 is 1.70 bits per heavy atom. The van der Waals surface area contributed by atoms with Gasteiger partial charge >= 0.3 is 0 Å². The molecule has 1 N–H and O–H groups in total. The van der Waals surface area contributed by atoms with Crippen LogP contribution < -0.4 is 5.56 Å². The molecule has 8 nitrogen and oxygen atoms in total. The molecule has 0 spiro atoms. The molecule has 0 amide bonds. The number of hydrogen-bond donors (Lipinski definition) is 1. The molecular weight excluding hydrogens is 378 g/mol. The van der Waals surface area contributed by atoms with Gasteiger partial charge in [0.15, 0.2) is 5.82 Å². The fourth-order valence-electron chi connectivity index (χ4n) is 4.12. The van der Waals surface area contributed by atoms with Gasteiger partial charge in [-0.05, 0) is 86.8 Å². The third-order valence-electron chi connectivity index (χ3n) is 6.06. The second kappa shape index (κ2) is 7.59. The van der Waals surface area contributed by atoms with E-state index in [0.717, 1.165) is 42.6 Å². The minimum atomic E-state index is -0.303. The van der Waals surface area contributed by atoms with Crippen LogP contribution in [0, 0.1) is 13.8 Å². The normalized spacial score (nSPS) is 17.5. The van der Waals surface area contributed by atoms with Crippen molar-refractivity contribution in [3.63, 3.8) is 0 Å². The molecule has 1 aromatic carbocycles. The summed E-state index contributed by atoms with van der Waals surface area (Å²) >= 11 is 0. The SMILES string of the molecule is Cc1cc2cc(C(c3nnnn3C(C)(C)C)N3CCN(C)CC3)c(=O)[nH]c2cc1C. The Morgan fingerprint density at radius 3 is 2.37 bits per heavy atom. The number of nitrogens with one attached hydrogen (secondary N) is 1. The van der Waals surface area contributed by atoms with Gasteiger partial charge in [-0.1, -0.05) is 0 Å². The van der Waals surface area contributed by atoms with Gasteiger partial charge in [0.05, 0.1) is 5.54 Å². The van der Waals surface area contributed by atoms with Crippen molar-refractivity contribution in [3.8, 4) is 0 Å². The highest BCUT2D eigenvalue weighted by Gasteiger charge is 2.34. The van der Waals surface area contributed by atoms with E-state index in [1.165, 1.54) is 5.56 Å². The summed E-state index contributed by atoms with van der Waals surface area (Å²) in [5.41, 5.74) is 3.54. The Bertz CT molecular complexity index is 1120. The molecule has 1 fully saturated rings. The third kappa shape index (κ3) is 3.77. The fourth-order valence-corrected chi connectivity index (χ4v) is 4.12. The van der Waals surface area contributed by atoms with Gasteiger partial charge in [0.2, 0.25) is 0 Å². The number of fused-ring (bicyclic) bond motifs is 1. The van der Waals surface area contributed by atoms with E-state index >= 15 is 0 Å². The van der Waals surface area contributed by atoms with Gasteiger partial charge in [-0.3, -0.25) is 9.69 Å². The number of aromatic amines is 1. The number of pyridine rings is 1. The Labute approximate surface area is 176 Å². The third-order valence-corrected chi connectivity index (χ3v) is 6.06. The minimum absolute atomic E-state index is 0.0851. The highest BCUT2D eigenvalue weighted by molar-refractivity contribution is 5.81. The molecule has 0 bridgehead atoms. The maximum Gasteiger partial charge on any atom is 0.253 e. The van der Waals surface area contributed by atoms with Crippen molar-refractivity contribution in [1.29, 1.82) is 0 Å². The molecule has 1 unspecified atom stereocenters. The van der Waals surface area contributed by atoms with Crippen molar-refractivity contribution in [2.24, 2.45) is 0 Å². The van der Waals surface area contributed by atoms with Gasteiger partial charge in [-0.2, -0.15) is 0 Å². The molecule has 1 aliphatic rings.